The molecule has 0 aliphatic heterocycles. The highest BCUT2D eigenvalue weighted by atomic mass is 79.9. The van der Waals surface area contributed by atoms with Gasteiger partial charge in [-0.2, -0.15) is 0 Å². The highest BCUT2D eigenvalue weighted by molar-refractivity contribution is 9.10. The zero-order valence-corrected chi connectivity index (χ0v) is 13.5. The molecule has 0 aliphatic carbocycles. The Morgan fingerprint density at radius 3 is 2.32 bits per heavy atom. The lowest BCUT2D eigenvalue weighted by molar-refractivity contribution is -0.118. The molecule has 0 atom stereocenters. The van der Waals surface area contributed by atoms with Gasteiger partial charge < -0.3 is 0 Å². The van der Waals surface area contributed by atoms with Crippen molar-refractivity contribution in [2.45, 2.75) is 64.7 Å². The second kappa shape index (κ2) is 10.2. The first-order chi connectivity index (χ1) is 9.24. The summed E-state index contributed by atoms with van der Waals surface area (Å²) in [4.78, 5) is 11.9. The van der Waals surface area contributed by atoms with E-state index < -0.39 is 0 Å². The Bertz CT molecular complexity index is 373. The Kier molecular flexibility index (Phi) is 8.81. The zero-order chi connectivity index (χ0) is 13.9. The van der Waals surface area contributed by atoms with Crippen LogP contribution in [0.15, 0.2) is 28.7 Å². The Morgan fingerprint density at radius 1 is 1.00 bits per heavy atom. The van der Waals surface area contributed by atoms with Gasteiger partial charge in [0.15, 0.2) is 0 Å². The first-order valence-electron chi connectivity index (χ1n) is 7.49. The predicted octanol–water partition coefficient (Wildman–Crippen LogP) is 5.70. The monoisotopic (exact) mass is 324 g/mol. The van der Waals surface area contributed by atoms with Crippen molar-refractivity contribution in [3.05, 3.63) is 34.3 Å². The summed E-state index contributed by atoms with van der Waals surface area (Å²) < 4.78 is 1.04. The lowest BCUT2D eigenvalue weighted by Crippen LogP contribution is -2.03. The minimum atomic E-state index is 0.362. The minimum Gasteiger partial charge on any atom is -0.299 e. The molecular formula is C17H25BrO. The van der Waals surface area contributed by atoms with Crippen molar-refractivity contribution in [2.24, 2.45) is 0 Å². The molecule has 0 unspecified atom stereocenters. The van der Waals surface area contributed by atoms with Crippen molar-refractivity contribution in [3.8, 4) is 0 Å². The molecule has 0 N–H and O–H groups in total. The second-order valence-corrected chi connectivity index (χ2v) is 6.03. The van der Waals surface area contributed by atoms with Gasteiger partial charge in [0.25, 0.3) is 0 Å². The van der Waals surface area contributed by atoms with E-state index in [1.807, 2.05) is 24.3 Å². The van der Waals surface area contributed by atoms with E-state index in [0.717, 1.165) is 22.9 Å². The lowest BCUT2D eigenvalue weighted by Gasteiger charge is -2.04. The smallest absolute Gasteiger partial charge is 0.137 e. The maximum Gasteiger partial charge on any atom is 0.137 e. The Labute approximate surface area is 125 Å². The fraction of sp³-hybridized carbons (Fsp3) is 0.588. The lowest BCUT2D eigenvalue weighted by atomic mass is 10.0. The number of carbonyl (C=O) groups excluding carboxylic acids is 1. The van der Waals surface area contributed by atoms with Gasteiger partial charge in [-0.3, -0.25) is 4.79 Å². The fourth-order valence-corrected chi connectivity index (χ4v) is 2.65. The molecule has 106 valence electrons. The van der Waals surface area contributed by atoms with Crippen LogP contribution in [0, 0.1) is 0 Å². The van der Waals surface area contributed by atoms with Crippen LogP contribution in [0.5, 0.6) is 0 Å². The van der Waals surface area contributed by atoms with Gasteiger partial charge in [-0.1, -0.05) is 79.6 Å². The van der Waals surface area contributed by atoms with Crippen LogP contribution in [0.2, 0.25) is 0 Å². The highest BCUT2D eigenvalue weighted by Gasteiger charge is 2.06. The summed E-state index contributed by atoms with van der Waals surface area (Å²) in [5.74, 6) is 0.362. The Balaban J connectivity index is 2.10. The number of hydrogen-bond donors (Lipinski definition) is 0. The topological polar surface area (TPSA) is 17.1 Å². The molecule has 2 heteroatoms. The van der Waals surface area contributed by atoms with Gasteiger partial charge in [0.05, 0.1) is 0 Å². The first-order valence-corrected chi connectivity index (χ1v) is 8.28. The van der Waals surface area contributed by atoms with Crippen molar-refractivity contribution >= 4 is 21.7 Å². The van der Waals surface area contributed by atoms with E-state index in [9.17, 15) is 4.79 Å². The zero-order valence-electron chi connectivity index (χ0n) is 12.0. The maximum absolute atomic E-state index is 11.9. The van der Waals surface area contributed by atoms with E-state index in [-0.39, 0.29) is 0 Å². The summed E-state index contributed by atoms with van der Waals surface area (Å²) in [5.41, 5.74) is 1.11. The van der Waals surface area contributed by atoms with Gasteiger partial charge in [-0.15, -0.1) is 0 Å². The predicted molar refractivity (Wildman–Crippen MR) is 85.5 cm³/mol. The number of unbranched alkanes of at least 4 members (excludes halogenated alkanes) is 6. The largest absolute Gasteiger partial charge is 0.299 e. The molecule has 1 rings (SSSR count). The molecule has 0 heterocycles. The van der Waals surface area contributed by atoms with Crippen LogP contribution in [-0.2, 0) is 11.2 Å². The number of ketones is 1. The van der Waals surface area contributed by atoms with Crippen molar-refractivity contribution in [1.29, 1.82) is 0 Å². The van der Waals surface area contributed by atoms with Crippen LogP contribution in [0.25, 0.3) is 0 Å². The van der Waals surface area contributed by atoms with Crippen LogP contribution < -0.4 is 0 Å². The number of halogens is 1. The van der Waals surface area contributed by atoms with Gasteiger partial charge in [-0.05, 0) is 18.1 Å². The van der Waals surface area contributed by atoms with E-state index in [2.05, 4.69) is 22.9 Å². The average molecular weight is 325 g/mol. The summed E-state index contributed by atoms with van der Waals surface area (Å²) in [6, 6.07) is 7.98. The summed E-state index contributed by atoms with van der Waals surface area (Å²) in [7, 11) is 0. The van der Waals surface area contributed by atoms with Gasteiger partial charge in [0.1, 0.15) is 5.78 Å². The second-order valence-electron chi connectivity index (χ2n) is 5.18. The number of benzene rings is 1. The van der Waals surface area contributed by atoms with Crippen molar-refractivity contribution < 1.29 is 4.79 Å². The Morgan fingerprint density at radius 2 is 1.63 bits per heavy atom. The normalized spacial score (nSPS) is 10.6. The quantitative estimate of drug-likeness (QED) is 0.504. The van der Waals surface area contributed by atoms with E-state index in [4.69, 9.17) is 0 Å². The molecule has 0 spiro atoms. The maximum atomic E-state index is 11.9. The van der Waals surface area contributed by atoms with E-state index in [0.29, 0.717) is 12.2 Å². The molecule has 19 heavy (non-hydrogen) atoms. The average Bonchev–Trinajstić information content (AvgIpc) is 2.40. The van der Waals surface area contributed by atoms with Gasteiger partial charge in [0, 0.05) is 17.3 Å². The third-order valence-corrected chi connectivity index (χ3v) is 4.18. The number of carbonyl (C=O) groups is 1. The summed E-state index contributed by atoms with van der Waals surface area (Å²) in [5, 5.41) is 0. The van der Waals surface area contributed by atoms with Crippen LogP contribution in [0.3, 0.4) is 0 Å². The van der Waals surface area contributed by atoms with Crippen LogP contribution in [-0.4, -0.2) is 5.78 Å². The number of rotatable bonds is 10. The third kappa shape index (κ3) is 7.51. The molecule has 0 amide bonds. The molecule has 0 bridgehead atoms. The number of Topliss-reactive ketones (excluding diaryl/α,β-unsaturated/α-hetero) is 1. The summed E-state index contributed by atoms with van der Waals surface area (Å²) in [6.07, 6.45) is 10.1. The van der Waals surface area contributed by atoms with Gasteiger partial charge in [-0.25, -0.2) is 0 Å². The third-order valence-electron chi connectivity index (χ3n) is 3.40. The molecule has 0 saturated heterocycles. The van der Waals surface area contributed by atoms with E-state index in [1.165, 1.54) is 38.5 Å². The molecule has 0 radical (unpaired) electrons. The molecule has 0 saturated carbocycles. The highest BCUT2D eigenvalue weighted by Crippen LogP contribution is 2.17. The fourth-order valence-electron chi connectivity index (χ4n) is 2.22. The van der Waals surface area contributed by atoms with Gasteiger partial charge >= 0.3 is 0 Å². The van der Waals surface area contributed by atoms with Crippen molar-refractivity contribution in [1.82, 2.24) is 0 Å². The van der Waals surface area contributed by atoms with Crippen molar-refractivity contribution in [3.63, 3.8) is 0 Å². The number of hydrogen-bond acceptors (Lipinski definition) is 1. The van der Waals surface area contributed by atoms with Crippen LogP contribution in [0.1, 0.15) is 63.9 Å². The molecule has 1 aromatic rings. The standard InChI is InChI=1S/C17H25BrO/c1-2-3-4-5-6-7-8-12-16(19)14-15-11-9-10-13-17(15)18/h9-11,13H,2-8,12,14H2,1H3. The molecule has 0 aromatic heterocycles. The van der Waals surface area contributed by atoms with E-state index in [1.54, 1.807) is 0 Å². The Hall–Kier alpha value is -0.630. The first kappa shape index (κ1) is 16.4. The summed E-state index contributed by atoms with van der Waals surface area (Å²) in [6.45, 7) is 2.24. The summed E-state index contributed by atoms with van der Waals surface area (Å²) >= 11 is 3.49. The van der Waals surface area contributed by atoms with E-state index >= 15 is 0 Å². The molecular weight excluding hydrogens is 300 g/mol. The SMILES string of the molecule is CCCCCCCCCC(=O)Cc1ccccc1Br. The van der Waals surface area contributed by atoms with Crippen molar-refractivity contribution in [2.75, 3.05) is 0 Å². The molecule has 0 aliphatic rings. The minimum absolute atomic E-state index is 0.362. The van der Waals surface area contributed by atoms with Crippen LogP contribution >= 0.6 is 15.9 Å². The molecule has 1 aromatic carbocycles. The van der Waals surface area contributed by atoms with Crippen LogP contribution in [0.4, 0.5) is 0 Å². The van der Waals surface area contributed by atoms with Gasteiger partial charge in [0.2, 0.25) is 0 Å². The molecule has 1 nitrogen and oxygen atoms in total. The molecule has 0 fully saturated rings.